The Morgan fingerprint density at radius 1 is 1.25 bits per heavy atom. The molecule has 108 valence electrons. The van der Waals surface area contributed by atoms with Crippen LogP contribution in [-0.2, 0) is 4.79 Å². The summed E-state index contributed by atoms with van der Waals surface area (Å²) < 4.78 is 5.19. The Kier molecular flexibility index (Phi) is 4.61. The predicted molar refractivity (Wildman–Crippen MR) is 75.8 cm³/mol. The molecule has 1 fully saturated rings. The molecule has 2 N–H and O–H groups in total. The van der Waals surface area contributed by atoms with E-state index in [4.69, 9.17) is 4.74 Å². The van der Waals surface area contributed by atoms with E-state index in [0.29, 0.717) is 24.4 Å². The minimum atomic E-state index is -0.163. The number of nitrogens with one attached hydrogen (secondary N) is 2. The summed E-state index contributed by atoms with van der Waals surface area (Å²) in [7, 11) is 1.58. The first-order chi connectivity index (χ1) is 9.61. The van der Waals surface area contributed by atoms with Crippen molar-refractivity contribution in [2.24, 2.45) is 5.92 Å². The fourth-order valence-corrected chi connectivity index (χ4v) is 1.91. The highest BCUT2D eigenvalue weighted by Crippen LogP contribution is 2.28. The third-order valence-corrected chi connectivity index (χ3v) is 3.33. The van der Waals surface area contributed by atoms with Crippen LogP contribution in [0.15, 0.2) is 18.2 Å². The molecule has 0 aromatic heterocycles. The third kappa shape index (κ3) is 3.73. The molecule has 0 atom stereocenters. The summed E-state index contributed by atoms with van der Waals surface area (Å²) in [5, 5.41) is 5.58. The lowest BCUT2D eigenvalue weighted by Gasteiger charge is -2.09. The molecule has 0 aliphatic heterocycles. The summed E-state index contributed by atoms with van der Waals surface area (Å²) in [6, 6.07) is 5.33. The van der Waals surface area contributed by atoms with E-state index in [1.807, 2.05) is 13.0 Å². The van der Waals surface area contributed by atoms with Gasteiger partial charge < -0.3 is 15.4 Å². The molecular formula is C15H20N2O3. The van der Waals surface area contributed by atoms with Gasteiger partial charge >= 0.3 is 0 Å². The van der Waals surface area contributed by atoms with Crippen LogP contribution in [0.5, 0.6) is 5.75 Å². The van der Waals surface area contributed by atoms with Crippen LogP contribution in [0.25, 0.3) is 0 Å². The fourth-order valence-electron chi connectivity index (χ4n) is 1.91. The number of ether oxygens (including phenoxy) is 1. The molecule has 0 unspecified atom stereocenters. The molecule has 2 rings (SSSR count). The van der Waals surface area contributed by atoms with Crippen LogP contribution in [0.4, 0.5) is 0 Å². The van der Waals surface area contributed by atoms with Crippen molar-refractivity contribution >= 4 is 11.8 Å². The smallest absolute Gasteiger partial charge is 0.251 e. The first-order valence-corrected chi connectivity index (χ1v) is 6.82. The largest absolute Gasteiger partial charge is 0.496 e. The zero-order valence-electron chi connectivity index (χ0n) is 11.9. The van der Waals surface area contributed by atoms with Crippen LogP contribution in [0.3, 0.4) is 0 Å². The third-order valence-electron chi connectivity index (χ3n) is 3.33. The van der Waals surface area contributed by atoms with Gasteiger partial charge in [0.15, 0.2) is 0 Å². The number of carbonyl (C=O) groups excluding carboxylic acids is 2. The van der Waals surface area contributed by atoms with Crippen LogP contribution in [0.1, 0.15) is 28.8 Å². The van der Waals surface area contributed by atoms with Crippen LogP contribution < -0.4 is 15.4 Å². The molecular weight excluding hydrogens is 256 g/mol. The van der Waals surface area contributed by atoms with Gasteiger partial charge in [0.05, 0.1) is 7.11 Å². The molecule has 5 heteroatoms. The summed E-state index contributed by atoms with van der Waals surface area (Å²) in [5.74, 6) is 0.826. The van der Waals surface area contributed by atoms with Gasteiger partial charge in [-0.05, 0) is 37.5 Å². The predicted octanol–water partition coefficient (Wildman–Crippen LogP) is 1.26. The van der Waals surface area contributed by atoms with Gasteiger partial charge in [0, 0.05) is 24.6 Å². The number of amides is 2. The second kappa shape index (κ2) is 6.41. The number of hydrogen-bond acceptors (Lipinski definition) is 3. The number of aryl methyl sites for hydroxylation is 1. The van der Waals surface area contributed by atoms with Gasteiger partial charge in [-0.1, -0.05) is 6.07 Å². The van der Waals surface area contributed by atoms with E-state index in [-0.39, 0.29) is 17.7 Å². The van der Waals surface area contributed by atoms with Crippen LogP contribution in [-0.4, -0.2) is 32.0 Å². The van der Waals surface area contributed by atoms with Crippen molar-refractivity contribution in [1.29, 1.82) is 0 Å². The Morgan fingerprint density at radius 3 is 2.60 bits per heavy atom. The zero-order chi connectivity index (χ0) is 14.5. The zero-order valence-corrected chi connectivity index (χ0v) is 11.9. The number of benzene rings is 1. The molecule has 0 spiro atoms. The summed E-state index contributed by atoms with van der Waals surface area (Å²) >= 11 is 0. The maximum Gasteiger partial charge on any atom is 0.251 e. The van der Waals surface area contributed by atoms with Gasteiger partial charge in [-0.25, -0.2) is 0 Å². The van der Waals surface area contributed by atoms with E-state index >= 15 is 0 Å². The molecule has 0 radical (unpaired) electrons. The van der Waals surface area contributed by atoms with Crippen molar-refractivity contribution < 1.29 is 14.3 Å². The average Bonchev–Trinajstić information content (AvgIpc) is 3.28. The lowest BCUT2D eigenvalue weighted by molar-refractivity contribution is -0.122. The van der Waals surface area contributed by atoms with E-state index in [9.17, 15) is 9.59 Å². The van der Waals surface area contributed by atoms with Gasteiger partial charge in [0.2, 0.25) is 5.91 Å². The van der Waals surface area contributed by atoms with E-state index in [1.54, 1.807) is 19.2 Å². The molecule has 1 aliphatic carbocycles. The summed E-state index contributed by atoms with van der Waals surface area (Å²) in [6.45, 7) is 2.81. The first kappa shape index (κ1) is 14.4. The molecule has 0 heterocycles. The van der Waals surface area contributed by atoms with Crippen LogP contribution in [0.2, 0.25) is 0 Å². The van der Waals surface area contributed by atoms with Gasteiger partial charge in [-0.15, -0.1) is 0 Å². The van der Waals surface area contributed by atoms with Gasteiger partial charge in [0.25, 0.3) is 5.91 Å². The number of methoxy groups -OCH3 is 1. The Hall–Kier alpha value is -2.04. The maximum atomic E-state index is 11.9. The van der Waals surface area contributed by atoms with E-state index in [1.165, 1.54) is 0 Å². The Labute approximate surface area is 118 Å². The van der Waals surface area contributed by atoms with Crippen molar-refractivity contribution in [1.82, 2.24) is 10.6 Å². The van der Waals surface area contributed by atoms with E-state index in [2.05, 4.69) is 10.6 Å². The van der Waals surface area contributed by atoms with Crippen molar-refractivity contribution in [2.75, 3.05) is 20.2 Å². The lowest BCUT2D eigenvalue weighted by Crippen LogP contribution is -2.35. The van der Waals surface area contributed by atoms with Gasteiger partial charge in [0.1, 0.15) is 5.75 Å². The van der Waals surface area contributed by atoms with Crippen molar-refractivity contribution in [3.8, 4) is 5.75 Å². The number of rotatable bonds is 6. The van der Waals surface area contributed by atoms with Gasteiger partial charge in [-0.2, -0.15) is 0 Å². The molecule has 0 saturated heterocycles. The van der Waals surface area contributed by atoms with Crippen molar-refractivity contribution in [3.05, 3.63) is 29.3 Å². The lowest BCUT2D eigenvalue weighted by atomic mass is 10.1. The Bertz CT molecular complexity index is 510. The topological polar surface area (TPSA) is 67.4 Å². The minimum absolute atomic E-state index is 0.0938. The molecule has 0 bridgehead atoms. The molecule has 5 nitrogen and oxygen atoms in total. The van der Waals surface area contributed by atoms with Crippen LogP contribution in [0, 0.1) is 12.8 Å². The number of hydrogen-bond donors (Lipinski definition) is 2. The fraction of sp³-hybridized carbons (Fsp3) is 0.467. The van der Waals surface area contributed by atoms with Crippen LogP contribution >= 0.6 is 0 Å². The maximum absolute atomic E-state index is 11.9. The Balaban J connectivity index is 1.77. The second-order valence-electron chi connectivity index (χ2n) is 5.01. The highest BCUT2D eigenvalue weighted by molar-refractivity contribution is 5.94. The second-order valence-corrected chi connectivity index (χ2v) is 5.01. The monoisotopic (exact) mass is 276 g/mol. The standard InChI is InChI=1S/C15H20N2O3/c1-10-3-4-12(9-13(10)20-2)15(19)17-8-7-16-14(18)11-5-6-11/h3-4,9,11H,5-8H2,1-2H3,(H,16,18)(H,17,19). The van der Waals surface area contributed by atoms with Gasteiger partial charge in [-0.3, -0.25) is 9.59 Å². The first-order valence-electron chi connectivity index (χ1n) is 6.82. The molecule has 1 aromatic carbocycles. The quantitative estimate of drug-likeness (QED) is 0.769. The summed E-state index contributed by atoms with van der Waals surface area (Å²) in [5.41, 5.74) is 1.54. The van der Waals surface area contributed by atoms with Crippen molar-refractivity contribution in [3.63, 3.8) is 0 Å². The summed E-state index contributed by atoms with van der Waals surface area (Å²) in [6.07, 6.45) is 1.97. The van der Waals surface area contributed by atoms with E-state index < -0.39 is 0 Å². The minimum Gasteiger partial charge on any atom is -0.496 e. The highest BCUT2D eigenvalue weighted by atomic mass is 16.5. The highest BCUT2D eigenvalue weighted by Gasteiger charge is 2.28. The Morgan fingerprint density at radius 2 is 1.95 bits per heavy atom. The van der Waals surface area contributed by atoms with Crippen molar-refractivity contribution in [2.45, 2.75) is 19.8 Å². The SMILES string of the molecule is COc1cc(C(=O)NCCNC(=O)C2CC2)ccc1C. The normalized spacial score (nSPS) is 13.7. The van der Waals surface area contributed by atoms with E-state index in [0.717, 1.165) is 18.4 Å². The molecule has 1 saturated carbocycles. The summed E-state index contributed by atoms with van der Waals surface area (Å²) in [4.78, 5) is 23.3. The molecule has 2 amide bonds. The number of carbonyl (C=O) groups is 2. The molecule has 20 heavy (non-hydrogen) atoms. The molecule has 1 aromatic rings. The molecule has 1 aliphatic rings. The average molecular weight is 276 g/mol.